The lowest BCUT2D eigenvalue weighted by atomic mass is 9.94. The molecule has 0 fully saturated rings. The van der Waals surface area contributed by atoms with Crippen molar-refractivity contribution in [3.63, 3.8) is 0 Å². The van der Waals surface area contributed by atoms with Crippen LogP contribution in [0, 0.1) is 5.92 Å². The Morgan fingerprint density at radius 1 is 1.04 bits per heavy atom. The Balaban J connectivity index is 1.97. The summed E-state index contributed by atoms with van der Waals surface area (Å²) in [6.07, 6.45) is 0.0461. The standard InChI is InChI=1S/C19H22O4/c1-14(23-13-16-6-4-3-5-7-16)18(19(20)21)12-15-8-10-17(22-2)11-9-15/h3-11,14,18H,12-13H2,1-2H3,(H,20,21)/t14-,18-/m0/s1. The highest BCUT2D eigenvalue weighted by atomic mass is 16.5. The molecule has 0 saturated heterocycles. The average Bonchev–Trinajstić information content (AvgIpc) is 2.58. The molecule has 0 aliphatic rings. The number of carbonyl (C=O) groups is 1. The van der Waals surface area contributed by atoms with E-state index in [2.05, 4.69) is 0 Å². The molecule has 122 valence electrons. The molecule has 0 amide bonds. The minimum Gasteiger partial charge on any atom is -0.497 e. The number of benzene rings is 2. The van der Waals surface area contributed by atoms with E-state index in [1.54, 1.807) is 7.11 Å². The predicted octanol–water partition coefficient (Wildman–Crippen LogP) is 3.54. The van der Waals surface area contributed by atoms with Crippen molar-refractivity contribution in [1.29, 1.82) is 0 Å². The van der Waals surface area contributed by atoms with E-state index in [1.807, 2.05) is 61.5 Å². The van der Waals surface area contributed by atoms with Gasteiger partial charge in [0.05, 0.1) is 25.7 Å². The normalized spacial score (nSPS) is 13.3. The molecule has 4 nitrogen and oxygen atoms in total. The van der Waals surface area contributed by atoms with Gasteiger partial charge in [-0.2, -0.15) is 0 Å². The highest BCUT2D eigenvalue weighted by molar-refractivity contribution is 5.71. The molecule has 1 N–H and O–H groups in total. The van der Waals surface area contributed by atoms with Crippen LogP contribution in [0.1, 0.15) is 18.1 Å². The van der Waals surface area contributed by atoms with Crippen LogP contribution in [-0.2, 0) is 22.6 Å². The number of hydrogen-bond donors (Lipinski definition) is 1. The fourth-order valence-corrected chi connectivity index (χ4v) is 2.39. The van der Waals surface area contributed by atoms with E-state index < -0.39 is 11.9 Å². The van der Waals surface area contributed by atoms with Crippen LogP contribution in [0.4, 0.5) is 0 Å². The smallest absolute Gasteiger partial charge is 0.309 e. The first kappa shape index (κ1) is 17.0. The molecule has 0 aromatic heterocycles. The molecule has 2 aromatic rings. The Kier molecular flexibility index (Phi) is 6.18. The van der Waals surface area contributed by atoms with Crippen molar-refractivity contribution in [3.8, 4) is 5.75 Å². The Bertz CT molecular complexity index is 607. The molecule has 0 unspecified atom stereocenters. The summed E-state index contributed by atoms with van der Waals surface area (Å²) >= 11 is 0. The third-order valence-electron chi connectivity index (χ3n) is 3.85. The van der Waals surface area contributed by atoms with E-state index in [0.29, 0.717) is 13.0 Å². The van der Waals surface area contributed by atoms with Gasteiger partial charge in [-0.25, -0.2) is 0 Å². The van der Waals surface area contributed by atoms with Gasteiger partial charge in [0, 0.05) is 0 Å². The number of methoxy groups -OCH3 is 1. The lowest BCUT2D eigenvalue weighted by Crippen LogP contribution is -2.30. The van der Waals surface area contributed by atoms with Crippen LogP contribution < -0.4 is 4.74 Å². The Morgan fingerprint density at radius 2 is 1.70 bits per heavy atom. The maximum absolute atomic E-state index is 11.6. The molecule has 0 radical (unpaired) electrons. The van der Waals surface area contributed by atoms with Gasteiger partial charge in [0.1, 0.15) is 5.75 Å². The monoisotopic (exact) mass is 314 g/mol. The molecule has 0 heterocycles. The zero-order chi connectivity index (χ0) is 16.7. The summed E-state index contributed by atoms with van der Waals surface area (Å²) in [5.41, 5.74) is 1.99. The summed E-state index contributed by atoms with van der Waals surface area (Å²) in [6.45, 7) is 2.22. The third kappa shape index (κ3) is 5.11. The van der Waals surface area contributed by atoms with Crippen molar-refractivity contribution >= 4 is 5.97 Å². The van der Waals surface area contributed by atoms with Crippen LogP contribution in [0.15, 0.2) is 54.6 Å². The molecule has 2 aromatic carbocycles. The van der Waals surface area contributed by atoms with Crippen LogP contribution in [0.25, 0.3) is 0 Å². The zero-order valence-corrected chi connectivity index (χ0v) is 13.4. The molecule has 0 aliphatic heterocycles. The minimum absolute atomic E-state index is 0.380. The summed E-state index contributed by atoms with van der Waals surface area (Å²) in [7, 11) is 1.61. The van der Waals surface area contributed by atoms with Gasteiger partial charge in [0.2, 0.25) is 0 Å². The first-order valence-electron chi connectivity index (χ1n) is 7.61. The summed E-state index contributed by atoms with van der Waals surface area (Å²) in [6, 6.07) is 17.2. The SMILES string of the molecule is COc1ccc(C[C@H](C(=O)O)[C@H](C)OCc2ccccc2)cc1. The second-order valence-corrected chi connectivity index (χ2v) is 5.50. The molecule has 0 aliphatic carbocycles. The van der Waals surface area contributed by atoms with Crippen molar-refractivity contribution in [2.24, 2.45) is 5.92 Å². The largest absolute Gasteiger partial charge is 0.497 e. The number of hydrogen-bond acceptors (Lipinski definition) is 3. The van der Waals surface area contributed by atoms with Gasteiger partial charge in [-0.3, -0.25) is 4.79 Å². The molecule has 2 rings (SSSR count). The molecule has 23 heavy (non-hydrogen) atoms. The molecule has 2 atom stereocenters. The lowest BCUT2D eigenvalue weighted by Gasteiger charge is -2.21. The van der Waals surface area contributed by atoms with E-state index >= 15 is 0 Å². The van der Waals surface area contributed by atoms with Crippen molar-refractivity contribution in [1.82, 2.24) is 0 Å². The third-order valence-corrected chi connectivity index (χ3v) is 3.85. The maximum atomic E-state index is 11.6. The van der Waals surface area contributed by atoms with Crippen LogP contribution in [-0.4, -0.2) is 24.3 Å². The van der Waals surface area contributed by atoms with Crippen molar-refractivity contribution in [2.75, 3.05) is 7.11 Å². The number of carboxylic acid groups (broad SMARTS) is 1. The van der Waals surface area contributed by atoms with Gasteiger partial charge in [-0.15, -0.1) is 0 Å². The quantitative estimate of drug-likeness (QED) is 0.809. The number of ether oxygens (including phenoxy) is 2. The second kappa shape index (κ2) is 8.34. The number of rotatable bonds is 8. The molecular weight excluding hydrogens is 292 g/mol. The van der Waals surface area contributed by atoms with Crippen LogP contribution >= 0.6 is 0 Å². The van der Waals surface area contributed by atoms with E-state index in [4.69, 9.17) is 9.47 Å². The predicted molar refractivity (Wildman–Crippen MR) is 88.5 cm³/mol. The van der Waals surface area contributed by atoms with Crippen LogP contribution in [0.2, 0.25) is 0 Å². The first-order chi connectivity index (χ1) is 11.1. The van der Waals surface area contributed by atoms with Gasteiger partial charge >= 0.3 is 5.97 Å². The Hall–Kier alpha value is -2.33. The molecule has 0 saturated carbocycles. The Labute approximate surface area is 136 Å². The fourth-order valence-electron chi connectivity index (χ4n) is 2.39. The van der Waals surface area contributed by atoms with Crippen molar-refractivity contribution in [2.45, 2.75) is 26.1 Å². The fraction of sp³-hybridized carbons (Fsp3) is 0.316. The van der Waals surface area contributed by atoms with Crippen molar-refractivity contribution in [3.05, 3.63) is 65.7 Å². The highest BCUT2D eigenvalue weighted by Crippen LogP contribution is 2.19. The van der Waals surface area contributed by atoms with Crippen molar-refractivity contribution < 1.29 is 19.4 Å². The summed E-state index contributed by atoms with van der Waals surface area (Å²) in [5.74, 6) is -0.678. The van der Waals surface area contributed by atoms with E-state index in [1.165, 1.54) is 0 Å². The summed E-state index contributed by atoms with van der Waals surface area (Å²) in [4.78, 5) is 11.6. The topological polar surface area (TPSA) is 55.8 Å². The van der Waals surface area contributed by atoms with E-state index in [9.17, 15) is 9.90 Å². The van der Waals surface area contributed by atoms with E-state index in [-0.39, 0.29) is 6.10 Å². The maximum Gasteiger partial charge on any atom is 0.309 e. The summed E-state index contributed by atoms with van der Waals surface area (Å²) in [5, 5.41) is 9.50. The second-order valence-electron chi connectivity index (χ2n) is 5.50. The average molecular weight is 314 g/mol. The Morgan fingerprint density at radius 3 is 2.26 bits per heavy atom. The summed E-state index contributed by atoms with van der Waals surface area (Å²) < 4.78 is 10.9. The minimum atomic E-state index is -0.846. The van der Waals surface area contributed by atoms with Gasteiger partial charge in [-0.05, 0) is 36.6 Å². The van der Waals surface area contributed by atoms with Gasteiger partial charge < -0.3 is 14.6 Å². The molecule has 0 spiro atoms. The van der Waals surface area contributed by atoms with Gasteiger partial charge in [-0.1, -0.05) is 42.5 Å². The highest BCUT2D eigenvalue weighted by Gasteiger charge is 2.25. The molecule has 4 heteroatoms. The zero-order valence-electron chi connectivity index (χ0n) is 13.4. The molecular formula is C19H22O4. The van der Waals surface area contributed by atoms with Crippen LogP contribution in [0.3, 0.4) is 0 Å². The molecule has 0 bridgehead atoms. The van der Waals surface area contributed by atoms with Gasteiger partial charge in [0.25, 0.3) is 0 Å². The number of aliphatic carboxylic acids is 1. The van der Waals surface area contributed by atoms with Gasteiger partial charge in [0.15, 0.2) is 0 Å². The first-order valence-corrected chi connectivity index (χ1v) is 7.61. The number of carboxylic acids is 1. The lowest BCUT2D eigenvalue weighted by molar-refractivity contribution is -0.147. The van der Waals surface area contributed by atoms with E-state index in [0.717, 1.165) is 16.9 Å². The van der Waals surface area contributed by atoms with Crippen LogP contribution in [0.5, 0.6) is 5.75 Å².